The van der Waals surface area contributed by atoms with Crippen LogP contribution in [0.15, 0.2) is 122 Å². The fourth-order valence-electron chi connectivity index (χ4n) is 5.52. The van der Waals surface area contributed by atoms with Gasteiger partial charge in [-0.15, -0.1) is 0 Å². The lowest BCUT2D eigenvalue weighted by Gasteiger charge is -2.18. The van der Waals surface area contributed by atoms with E-state index in [1.807, 2.05) is 0 Å². The van der Waals surface area contributed by atoms with E-state index in [1.54, 1.807) is 0 Å². The Morgan fingerprint density at radius 2 is 0.661 bits per heavy atom. The minimum atomic E-state index is -0.837. The van der Waals surface area contributed by atoms with Gasteiger partial charge in [0.15, 0.2) is 6.10 Å². The molecule has 0 saturated carbocycles. The van der Waals surface area contributed by atoms with E-state index < -0.39 is 6.10 Å². The van der Waals surface area contributed by atoms with Crippen molar-refractivity contribution in [2.45, 2.75) is 181 Å². The van der Waals surface area contributed by atoms with Crippen molar-refractivity contribution in [3.63, 3.8) is 0 Å². The highest BCUT2D eigenvalue weighted by atomic mass is 16.6. The number of unbranched alkanes of at least 4 members (excludes halogenated alkanes) is 8. The van der Waals surface area contributed by atoms with Gasteiger partial charge in [0, 0.05) is 19.3 Å². The molecule has 1 unspecified atom stereocenters. The van der Waals surface area contributed by atoms with Gasteiger partial charge in [0.1, 0.15) is 13.2 Å². The normalized spacial score (nSPS) is 13.2. The summed E-state index contributed by atoms with van der Waals surface area (Å²) in [6.45, 7) is 6.22. The van der Waals surface area contributed by atoms with Crippen LogP contribution in [-0.2, 0) is 28.6 Å². The fraction of sp³-hybridized carbons (Fsp3) is 0.566. The summed E-state index contributed by atoms with van der Waals surface area (Å²) in [6.07, 6.45) is 63.4. The quantitative estimate of drug-likeness (QED) is 0.0266. The largest absolute Gasteiger partial charge is 0.462 e. The highest BCUT2D eigenvalue weighted by Crippen LogP contribution is 2.09. The van der Waals surface area contributed by atoms with Gasteiger partial charge in [0.25, 0.3) is 0 Å². The third-order valence-electron chi connectivity index (χ3n) is 8.93. The van der Waals surface area contributed by atoms with Gasteiger partial charge in [-0.1, -0.05) is 155 Å². The topological polar surface area (TPSA) is 78.9 Å². The number of rotatable bonds is 39. The van der Waals surface area contributed by atoms with Crippen molar-refractivity contribution in [3.8, 4) is 0 Å². The Labute approximate surface area is 361 Å². The summed E-state index contributed by atoms with van der Waals surface area (Å²) in [5, 5.41) is 0. The van der Waals surface area contributed by atoms with Crippen molar-refractivity contribution in [2.75, 3.05) is 13.2 Å². The molecule has 0 spiro atoms. The second-order valence-electron chi connectivity index (χ2n) is 14.5. The van der Waals surface area contributed by atoms with E-state index >= 15 is 0 Å². The van der Waals surface area contributed by atoms with E-state index in [0.29, 0.717) is 19.3 Å². The van der Waals surface area contributed by atoms with E-state index in [2.05, 4.69) is 142 Å². The molecule has 330 valence electrons. The van der Waals surface area contributed by atoms with Gasteiger partial charge in [-0.3, -0.25) is 14.4 Å². The second kappa shape index (κ2) is 46.5. The second-order valence-corrected chi connectivity index (χ2v) is 14.5. The summed E-state index contributed by atoms with van der Waals surface area (Å²) in [4.78, 5) is 37.7. The Balaban J connectivity index is 4.59. The summed E-state index contributed by atoms with van der Waals surface area (Å²) >= 11 is 0. The molecule has 0 heterocycles. The number of allylic oxidation sites excluding steroid dienone is 20. The maximum absolute atomic E-state index is 12.7. The molecule has 0 amide bonds. The van der Waals surface area contributed by atoms with Gasteiger partial charge in [-0.2, -0.15) is 0 Å². The molecule has 0 aromatic heterocycles. The monoisotopic (exact) mass is 815 g/mol. The minimum absolute atomic E-state index is 0.135. The maximum Gasteiger partial charge on any atom is 0.306 e. The van der Waals surface area contributed by atoms with Crippen molar-refractivity contribution in [3.05, 3.63) is 122 Å². The van der Waals surface area contributed by atoms with Gasteiger partial charge < -0.3 is 14.2 Å². The average Bonchev–Trinajstić information content (AvgIpc) is 3.23. The van der Waals surface area contributed by atoms with Crippen LogP contribution >= 0.6 is 0 Å². The van der Waals surface area contributed by atoms with Crippen LogP contribution in [0.2, 0.25) is 0 Å². The average molecular weight is 815 g/mol. The Kier molecular flexibility index (Phi) is 43.2. The molecule has 1 atom stereocenters. The molecule has 0 N–H and O–H groups in total. The molecule has 0 saturated heterocycles. The zero-order valence-corrected chi connectivity index (χ0v) is 37.5. The first-order valence-electron chi connectivity index (χ1n) is 23.0. The lowest BCUT2D eigenvalue weighted by atomic mass is 10.1. The zero-order valence-electron chi connectivity index (χ0n) is 37.5. The van der Waals surface area contributed by atoms with Crippen LogP contribution in [0.3, 0.4) is 0 Å². The summed E-state index contributed by atoms with van der Waals surface area (Å²) in [6, 6.07) is 0. The Morgan fingerprint density at radius 1 is 0.356 bits per heavy atom. The van der Waals surface area contributed by atoms with Crippen LogP contribution in [0.1, 0.15) is 175 Å². The molecular weight excluding hydrogens is 733 g/mol. The summed E-state index contributed by atoms with van der Waals surface area (Å²) in [5.74, 6) is -1.08. The molecule has 0 aliphatic heterocycles. The zero-order chi connectivity index (χ0) is 43.0. The molecule has 0 aliphatic rings. The van der Waals surface area contributed by atoms with Gasteiger partial charge in [-0.05, 0) is 122 Å². The van der Waals surface area contributed by atoms with Crippen molar-refractivity contribution in [2.24, 2.45) is 0 Å². The van der Waals surface area contributed by atoms with Crippen LogP contribution in [0.25, 0.3) is 0 Å². The molecule has 0 aromatic rings. The molecule has 0 rings (SSSR count). The molecular formula is C53H82O6. The first-order valence-corrected chi connectivity index (χ1v) is 23.0. The van der Waals surface area contributed by atoms with Crippen molar-refractivity contribution < 1.29 is 28.6 Å². The van der Waals surface area contributed by atoms with E-state index in [1.165, 1.54) is 25.7 Å². The van der Waals surface area contributed by atoms with E-state index in [4.69, 9.17) is 14.2 Å². The lowest BCUT2D eigenvalue weighted by Crippen LogP contribution is -2.30. The third-order valence-corrected chi connectivity index (χ3v) is 8.93. The van der Waals surface area contributed by atoms with Crippen LogP contribution in [0.4, 0.5) is 0 Å². The Hall–Kier alpha value is -4.19. The number of carbonyl (C=O) groups is 3. The molecule has 0 aliphatic carbocycles. The van der Waals surface area contributed by atoms with Crippen LogP contribution in [-0.4, -0.2) is 37.2 Å². The molecule has 0 radical (unpaired) electrons. The smallest absolute Gasteiger partial charge is 0.306 e. The summed E-state index contributed by atoms with van der Waals surface area (Å²) in [7, 11) is 0. The van der Waals surface area contributed by atoms with Gasteiger partial charge in [0.05, 0.1) is 0 Å². The Morgan fingerprint density at radius 3 is 1.03 bits per heavy atom. The number of esters is 3. The molecule has 0 bridgehead atoms. The highest BCUT2D eigenvalue weighted by Gasteiger charge is 2.19. The molecule has 6 heteroatoms. The Bertz CT molecular complexity index is 1300. The minimum Gasteiger partial charge on any atom is -0.462 e. The van der Waals surface area contributed by atoms with Crippen molar-refractivity contribution >= 4 is 17.9 Å². The standard InChI is InChI=1S/C53H82O6/c1-4-7-10-13-16-19-22-25-26-27-28-29-32-34-37-40-43-46-52(55)58-49-50(59-53(56)47-44-41-38-35-31-24-21-18-15-12-9-6-3)48-57-51(54)45-42-39-36-33-30-23-20-17-14-11-8-5-2/h8-9,11-12,16-21,25-26,28-31,33-35,37,50H,4-7,10,13-15,22-24,27,32,36,38-49H2,1-3H3/b11-8-,12-9-,19-16-,20-17-,21-18-,26-25-,29-28-,33-30-,35-31-,37-34-. The first kappa shape index (κ1) is 54.8. The third kappa shape index (κ3) is 44.8. The van der Waals surface area contributed by atoms with Crippen LogP contribution in [0, 0.1) is 0 Å². The van der Waals surface area contributed by atoms with E-state index in [9.17, 15) is 14.4 Å². The highest BCUT2D eigenvalue weighted by molar-refractivity contribution is 5.71. The molecule has 6 nitrogen and oxygen atoms in total. The van der Waals surface area contributed by atoms with E-state index in [0.717, 1.165) is 89.9 Å². The molecule has 59 heavy (non-hydrogen) atoms. The summed E-state index contributed by atoms with van der Waals surface area (Å²) < 4.78 is 16.6. The van der Waals surface area contributed by atoms with Gasteiger partial charge in [-0.25, -0.2) is 0 Å². The van der Waals surface area contributed by atoms with Crippen LogP contribution < -0.4 is 0 Å². The lowest BCUT2D eigenvalue weighted by molar-refractivity contribution is -0.167. The summed E-state index contributed by atoms with van der Waals surface area (Å²) in [5.41, 5.74) is 0. The predicted molar refractivity (Wildman–Crippen MR) is 251 cm³/mol. The first-order chi connectivity index (χ1) is 29.0. The van der Waals surface area contributed by atoms with Gasteiger partial charge >= 0.3 is 17.9 Å². The van der Waals surface area contributed by atoms with Crippen molar-refractivity contribution in [1.29, 1.82) is 0 Å². The van der Waals surface area contributed by atoms with E-state index in [-0.39, 0.29) is 50.4 Å². The number of hydrogen-bond donors (Lipinski definition) is 0. The molecule has 0 fully saturated rings. The number of hydrogen-bond acceptors (Lipinski definition) is 6. The number of ether oxygens (including phenoxy) is 3. The fourth-order valence-corrected chi connectivity index (χ4v) is 5.52. The van der Waals surface area contributed by atoms with Crippen molar-refractivity contribution in [1.82, 2.24) is 0 Å². The van der Waals surface area contributed by atoms with Crippen LogP contribution in [0.5, 0.6) is 0 Å². The predicted octanol–water partition coefficient (Wildman–Crippen LogP) is 15.0. The molecule has 0 aromatic carbocycles. The maximum atomic E-state index is 12.7. The number of carbonyl (C=O) groups excluding carboxylic acids is 3. The van der Waals surface area contributed by atoms with Gasteiger partial charge in [0.2, 0.25) is 0 Å². The SMILES string of the molecule is CC/C=C\C/C=C\C/C=C\CCCCC(=O)OCC(COC(=O)CCC/C=C\C/C=C\C/C=C\C/C=C\CCCCC)OC(=O)CCCC/C=C\C/C=C\C/C=C\CC.